The minimum absolute atomic E-state index is 0.0380. The van der Waals surface area contributed by atoms with E-state index in [-0.39, 0.29) is 18.3 Å². The highest BCUT2D eigenvalue weighted by molar-refractivity contribution is 7.98. The molecule has 0 aliphatic carbocycles. The second kappa shape index (κ2) is 8.86. The van der Waals surface area contributed by atoms with Gasteiger partial charge in [0.15, 0.2) is 5.96 Å². The molecule has 1 heterocycles. The fourth-order valence-corrected chi connectivity index (χ4v) is 2.87. The van der Waals surface area contributed by atoms with Gasteiger partial charge in [0.25, 0.3) is 11.3 Å². The largest absolute Gasteiger partial charge is 0.370 e. The highest BCUT2D eigenvalue weighted by Crippen LogP contribution is 2.21. The Morgan fingerprint density at radius 2 is 2.35 bits per heavy atom. The predicted octanol–water partition coefficient (Wildman–Crippen LogP) is -0.571. The number of hydrazine groups is 1. The van der Waals surface area contributed by atoms with Gasteiger partial charge in [-0.3, -0.25) is 14.8 Å². The predicted molar refractivity (Wildman–Crippen MR) is 80.4 cm³/mol. The number of nitrogens with one attached hydrogen (secondary N) is 2. The summed E-state index contributed by atoms with van der Waals surface area (Å²) < 4.78 is 18.6. The Kier molecular flexibility index (Phi) is 7.46. The summed E-state index contributed by atoms with van der Waals surface area (Å²) in [6.07, 6.45) is 0.222. The Hall–Kier alpha value is -1.21. The van der Waals surface area contributed by atoms with Gasteiger partial charge >= 0.3 is 0 Å². The maximum absolute atomic E-state index is 11.2. The molecule has 0 aromatic carbocycles. The van der Waals surface area contributed by atoms with Crippen LogP contribution in [0.5, 0.6) is 0 Å². The molecule has 12 heteroatoms. The molecular formula is C8H14N6O3S3. The van der Waals surface area contributed by atoms with Gasteiger partial charge in [0.05, 0.1) is 5.69 Å². The van der Waals surface area contributed by atoms with Crippen LogP contribution in [0.2, 0.25) is 0 Å². The summed E-state index contributed by atoms with van der Waals surface area (Å²) in [6.45, 7) is 0. The Morgan fingerprint density at radius 3 is 3.00 bits per heavy atom. The number of rotatable bonds is 8. The van der Waals surface area contributed by atoms with Crippen LogP contribution in [0, 0.1) is 0 Å². The number of aliphatic imine (C=N–C) groups is 1. The molecule has 0 bridgehead atoms. The van der Waals surface area contributed by atoms with Crippen LogP contribution in [0.3, 0.4) is 0 Å². The zero-order valence-electron chi connectivity index (χ0n) is 10.2. The van der Waals surface area contributed by atoms with Crippen LogP contribution >= 0.6 is 23.1 Å². The SMILES string of the molecule is NC(N)=Nc1nc(CSCCC(=O)NNS(=O)O)cs1. The van der Waals surface area contributed by atoms with Gasteiger partial charge in [0.1, 0.15) is 0 Å². The van der Waals surface area contributed by atoms with Gasteiger partial charge in [-0.15, -0.1) is 16.2 Å². The standard InChI is InChI=1S/C8H14N6O3S3/c9-7(10)12-8-11-5(4-19-8)3-18-2-1-6(15)13-14-20(16)17/h4,14H,1-3H2,(H,13,15)(H,16,17)(H4,9,10,11,12). The van der Waals surface area contributed by atoms with Crippen molar-refractivity contribution >= 4 is 51.4 Å². The number of thiazole rings is 1. The fourth-order valence-electron chi connectivity index (χ4n) is 1.03. The topological polar surface area (TPSA) is 156 Å². The lowest BCUT2D eigenvalue weighted by molar-refractivity contribution is -0.121. The second-order valence-corrected chi connectivity index (χ2v) is 6.00. The van der Waals surface area contributed by atoms with Crippen LogP contribution in [-0.4, -0.2) is 31.4 Å². The van der Waals surface area contributed by atoms with Crippen molar-refractivity contribution in [2.45, 2.75) is 12.2 Å². The summed E-state index contributed by atoms with van der Waals surface area (Å²) in [4.78, 5) is 21.1. The van der Waals surface area contributed by atoms with E-state index in [1.54, 1.807) is 0 Å². The molecule has 0 radical (unpaired) electrons. The monoisotopic (exact) mass is 338 g/mol. The molecule has 0 spiro atoms. The van der Waals surface area contributed by atoms with Gasteiger partial charge in [0, 0.05) is 23.3 Å². The molecule has 1 unspecified atom stereocenters. The quantitative estimate of drug-likeness (QED) is 0.140. The third-order valence-electron chi connectivity index (χ3n) is 1.77. The number of aromatic nitrogens is 1. The first-order valence-corrected chi connectivity index (χ1v) is 8.38. The van der Waals surface area contributed by atoms with Gasteiger partial charge in [-0.25, -0.2) is 9.19 Å². The van der Waals surface area contributed by atoms with Crippen LogP contribution in [0.1, 0.15) is 12.1 Å². The third kappa shape index (κ3) is 7.40. The normalized spacial score (nSPS) is 11.8. The Balaban J connectivity index is 2.21. The maximum Gasteiger partial charge on any atom is 0.250 e. The van der Waals surface area contributed by atoms with Gasteiger partial charge in [-0.2, -0.15) is 16.8 Å². The summed E-state index contributed by atoms with van der Waals surface area (Å²) in [5.74, 6) is 0.785. The molecule has 0 saturated heterocycles. The van der Waals surface area contributed by atoms with Crippen LogP contribution in [0.4, 0.5) is 5.13 Å². The van der Waals surface area contributed by atoms with E-state index in [2.05, 4.69) is 15.4 Å². The van der Waals surface area contributed by atoms with Crippen LogP contribution in [0.25, 0.3) is 0 Å². The van der Waals surface area contributed by atoms with Crippen molar-refractivity contribution in [2.24, 2.45) is 16.5 Å². The molecule has 7 N–H and O–H groups in total. The van der Waals surface area contributed by atoms with E-state index in [1.165, 1.54) is 23.1 Å². The smallest absolute Gasteiger partial charge is 0.250 e. The van der Waals surface area contributed by atoms with Crippen LogP contribution < -0.4 is 21.7 Å². The number of hydrogen-bond donors (Lipinski definition) is 5. The molecule has 0 aliphatic rings. The van der Waals surface area contributed by atoms with Crippen molar-refractivity contribution in [3.05, 3.63) is 11.1 Å². The van der Waals surface area contributed by atoms with Crippen molar-refractivity contribution in [2.75, 3.05) is 5.75 Å². The van der Waals surface area contributed by atoms with Gasteiger partial charge < -0.3 is 11.5 Å². The number of guanidine groups is 1. The molecule has 1 aromatic heterocycles. The van der Waals surface area contributed by atoms with Crippen molar-refractivity contribution < 1.29 is 13.6 Å². The Labute approximate surface area is 126 Å². The van der Waals surface area contributed by atoms with Crippen LogP contribution in [0.15, 0.2) is 10.4 Å². The van der Waals surface area contributed by atoms with E-state index in [4.69, 9.17) is 16.0 Å². The molecule has 0 fully saturated rings. The zero-order valence-corrected chi connectivity index (χ0v) is 12.7. The Bertz CT molecular complexity index is 501. The molecular weight excluding hydrogens is 324 g/mol. The molecule has 112 valence electrons. The van der Waals surface area contributed by atoms with E-state index in [9.17, 15) is 9.00 Å². The number of carbonyl (C=O) groups is 1. The maximum atomic E-state index is 11.2. The van der Waals surface area contributed by atoms with Crippen LogP contribution in [-0.2, 0) is 21.8 Å². The molecule has 1 rings (SSSR count). The minimum Gasteiger partial charge on any atom is -0.370 e. The summed E-state index contributed by atoms with van der Waals surface area (Å²) in [5, 5.41) is 2.33. The van der Waals surface area contributed by atoms with Gasteiger partial charge in [-0.1, -0.05) is 0 Å². The zero-order chi connectivity index (χ0) is 15.0. The number of thioether (sulfide) groups is 1. The van der Waals surface area contributed by atoms with Crippen molar-refractivity contribution in [3.8, 4) is 0 Å². The molecule has 9 nitrogen and oxygen atoms in total. The number of nitrogens with two attached hydrogens (primary N) is 2. The lowest BCUT2D eigenvalue weighted by Gasteiger charge is -2.02. The number of nitrogens with zero attached hydrogens (tertiary/aromatic N) is 2. The first kappa shape index (κ1) is 16.8. The lowest BCUT2D eigenvalue weighted by Crippen LogP contribution is -2.38. The summed E-state index contributed by atoms with van der Waals surface area (Å²) in [5.41, 5.74) is 13.4. The highest BCUT2D eigenvalue weighted by Gasteiger charge is 2.04. The summed E-state index contributed by atoms with van der Waals surface area (Å²) in [7, 11) is 0. The van der Waals surface area contributed by atoms with Gasteiger partial charge in [-0.05, 0) is 0 Å². The first-order valence-electron chi connectivity index (χ1n) is 5.24. The van der Waals surface area contributed by atoms with Gasteiger partial charge in [0.2, 0.25) is 11.0 Å². The molecule has 0 saturated carbocycles. The molecule has 1 amide bonds. The van der Waals surface area contributed by atoms with E-state index in [0.29, 0.717) is 16.6 Å². The molecule has 0 aliphatic heterocycles. The van der Waals surface area contributed by atoms with E-state index in [1.807, 2.05) is 10.2 Å². The fraction of sp³-hybridized carbons (Fsp3) is 0.375. The van der Waals surface area contributed by atoms with E-state index < -0.39 is 11.3 Å². The van der Waals surface area contributed by atoms with Crippen molar-refractivity contribution in [3.63, 3.8) is 0 Å². The number of amides is 1. The number of carbonyl (C=O) groups excluding carboxylic acids is 1. The number of hydrogen-bond acceptors (Lipinski definition) is 6. The molecule has 20 heavy (non-hydrogen) atoms. The first-order chi connectivity index (χ1) is 9.47. The Morgan fingerprint density at radius 1 is 1.60 bits per heavy atom. The average molecular weight is 338 g/mol. The second-order valence-electron chi connectivity index (χ2n) is 3.36. The van der Waals surface area contributed by atoms with Crippen molar-refractivity contribution in [1.29, 1.82) is 0 Å². The lowest BCUT2D eigenvalue weighted by atomic mass is 10.5. The van der Waals surface area contributed by atoms with Crippen molar-refractivity contribution in [1.82, 2.24) is 15.2 Å². The third-order valence-corrected chi connectivity index (χ3v) is 3.82. The molecule has 1 atom stereocenters. The molecule has 1 aromatic rings. The summed E-state index contributed by atoms with van der Waals surface area (Å²) >= 11 is 0.582. The highest BCUT2D eigenvalue weighted by atomic mass is 32.2. The minimum atomic E-state index is -2.26. The average Bonchev–Trinajstić information content (AvgIpc) is 2.79. The van der Waals surface area contributed by atoms with E-state index >= 15 is 0 Å². The van der Waals surface area contributed by atoms with E-state index in [0.717, 1.165) is 5.69 Å². The summed E-state index contributed by atoms with van der Waals surface area (Å²) in [6, 6.07) is 0.